The minimum atomic E-state index is -3.58. The Morgan fingerprint density at radius 1 is 1.48 bits per heavy atom. The number of hydrogen-bond donors (Lipinski definition) is 2. The van der Waals surface area contributed by atoms with Crippen LogP contribution in [0.4, 0.5) is 5.69 Å². The van der Waals surface area contributed by atoms with Gasteiger partial charge in [0, 0.05) is 31.7 Å². The zero-order valence-electron chi connectivity index (χ0n) is 12.3. The van der Waals surface area contributed by atoms with Gasteiger partial charge in [0.25, 0.3) is 0 Å². The second kappa shape index (κ2) is 6.13. The lowest BCUT2D eigenvalue weighted by atomic mass is 10.0. The number of carbonyl (C=O) groups is 1. The first-order valence-electron chi connectivity index (χ1n) is 6.98. The van der Waals surface area contributed by atoms with Crippen LogP contribution < -0.4 is 15.4 Å². The molecule has 0 aliphatic carbocycles. The molecule has 7 heteroatoms. The van der Waals surface area contributed by atoms with Crippen molar-refractivity contribution < 1.29 is 13.2 Å². The van der Waals surface area contributed by atoms with E-state index in [1.807, 2.05) is 0 Å². The van der Waals surface area contributed by atoms with Gasteiger partial charge >= 0.3 is 0 Å². The SMILES string of the molecule is CC(=O)N1CCCc2cc(S(=O)(=O)NC(C)CN)ccc21. The maximum Gasteiger partial charge on any atom is 0.240 e. The molecule has 21 heavy (non-hydrogen) atoms. The van der Waals surface area contributed by atoms with Crippen molar-refractivity contribution in [3.8, 4) is 0 Å². The molecule has 1 aromatic carbocycles. The number of nitrogens with zero attached hydrogens (tertiary/aromatic N) is 1. The average Bonchev–Trinajstić information content (AvgIpc) is 2.45. The van der Waals surface area contributed by atoms with Gasteiger partial charge in [0.2, 0.25) is 15.9 Å². The van der Waals surface area contributed by atoms with Crippen LogP contribution in [0.15, 0.2) is 23.1 Å². The van der Waals surface area contributed by atoms with Crippen LogP contribution in [-0.2, 0) is 21.2 Å². The molecule has 0 saturated heterocycles. The monoisotopic (exact) mass is 311 g/mol. The summed E-state index contributed by atoms with van der Waals surface area (Å²) in [6.45, 7) is 4.15. The number of nitrogens with one attached hydrogen (secondary N) is 1. The van der Waals surface area contributed by atoms with E-state index in [1.165, 1.54) is 13.0 Å². The fraction of sp³-hybridized carbons (Fsp3) is 0.500. The number of benzene rings is 1. The Hall–Kier alpha value is -1.44. The molecule has 0 spiro atoms. The Balaban J connectivity index is 2.35. The van der Waals surface area contributed by atoms with Crippen LogP contribution in [0, 0.1) is 0 Å². The summed E-state index contributed by atoms with van der Waals surface area (Å²) in [5, 5.41) is 0. The highest BCUT2D eigenvalue weighted by molar-refractivity contribution is 7.89. The van der Waals surface area contributed by atoms with E-state index in [9.17, 15) is 13.2 Å². The largest absolute Gasteiger partial charge is 0.329 e. The lowest BCUT2D eigenvalue weighted by Gasteiger charge is -2.29. The quantitative estimate of drug-likeness (QED) is 0.852. The van der Waals surface area contributed by atoms with E-state index in [0.717, 1.165) is 24.1 Å². The van der Waals surface area contributed by atoms with Gasteiger partial charge in [-0.1, -0.05) is 0 Å². The van der Waals surface area contributed by atoms with E-state index < -0.39 is 10.0 Å². The number of hydrogen-bond acceptors (Lipinski definition) is 4. The molecule has 3 N–H and O–H groups in total. The van der Waals surface area contributed by atoms with Crippen LogP contribution in [0.5, 0.6) is 0 Å². The number of fused-ring (bicyclic) bond motifs is 1. The maximum absolute atomic E-state index is 12.3. The van der Waals surface area contributed by atoms with Gasteiger partial charge in [-0.05, 0) is 43.5 Å². The fourth-order valence-electron chi connectivity index (χ4n) is 2.45. The van der Waals surface area contributed by atoms with Crippen molar-refractivity contribution in [3.63, 3.8) is 0 Å². The minimum absolute atomic E-state index is 0.0264. The zero-order chi connectivity index (χ0) is 15.6. The third-order valence-corrected chi connectivity index (χ3v) is 5.16. The van der Waals surface area contributed by atoms with E-state index in [0.29, 0.717) is 6.54 Å². The number of rotatable bonds is 4. The molecule has 0 aromatic heterocycles. The lowest BCUT2D eigenvalue weighted by Crippen LogP contribution is -2.38. The van der Waals surface area contributed by atoms with Gasteiger partial charge in [-0.3, -0.25) is 4.79 Å². The van der Waals surface area contributed by atoms with Crippen LogP contribution in [0.2, 0.25) is 0 Å². The van der Waals surface area contributed by atoms with E-state index in [-0.39, 0.29) is 23.4 Å². The van der Waals surface area contributed by atoms with Crippen molar-refractivity contribution in [2.24, 2.45) is 5.73 Å². The van der Waals surface area contributed by atoms with Crippen LogP contribution in [0.3, 0.4) is 0 Å². The summed E-state index contributed by atoms with van der Waals surface area (Å²) in [6, 6.07) is 4.57. The van der Waals surface area contributed by atoms with Crippen LogP contribution in [0.25, 0.3) is 0 Å². The molecule has 1 aromatic rings. The van der Waals surface area contributed by atoms with Crippen LogP contribution in [-0.4, -0.2) is 33.5 Å². The summed E-state index contributed by atoms with van der Waals surface area (Å²) >= 11 is 0. The predicted molar refractivity (Wildman–Crippen MR) is 81.6 cm³/mol. The smallest absolute Gasteiger partial charge is 0.240 e. The van der Waals surface area contributed by atoms with E-state index in [2.05, 4.69) is 4.72 Å². The highest BCUT2D eigenvalue weighted by Gasteiger charge is 2.23. The highest BCUT2D eigenvalue weighted by atomic mass is 32.2. The Kier molecular flexibility index (Phi) is 4.65. The molecule has 0 radical (unpaired) electrons. The summed E-state index contributed by atoms with van der Waals surface area (Å²) in [4.78, 5) is 13.5. The molecule has 1 heterocycles. The van der Waals surface area contributed by atoms with Crippen molar-refractivity contribution in [1.29, 1.82) is 0 Å². The van der Waals surface area contributed by atoms with Gasteiger partial charge < -0.3 is 10.6 Å². The van der Waals surface area contributed by atoms with Crippen LogP contribution in [0.1, 0.15) is 25.8 Å². The molecule has 116 valence electrons. The Labute approximate surface area is 125 Å². The first-order chi connectivity index (χ1) is 9.85. The third kappa shape index (κ3) is 3.42. The second-order valence-corrected chi connectivity index (χ2v) is 7.04. The molecule has 0 bridgehead atoms. The van der Waals surface area contributed by atoms with Gasteiger partial charge in [0.1, 0.15) is 0 Å². The third-order valence-electron chi connectivity index (χ3n) is 3.57. The van der Waals surface area contributed by atoms with Crippen molar-refractivity contribution >= 4 is 21.6 Å². The number of amides is 1. The minimum Gasteiger partial charge on any atom is -0.329 e. The van der Waals surface area contributed by atoms with Gasteiger partial charge in [-0.15, -0.1) is 0 Å². The summed E-state index contributed by atoms with van der Waals surface area (Å²) in [5.74, 6) is -0.0264. The summed E-state index contributed by atoms with van der Waals surface area (Å²) in [5.41, 5.74) is 7.14. The van der Waals surface area contributed by atoms with Gasteiger partial charge in [-0.25, -0.2) is 13.1 Å². The summed E-state index contributed by atoms with van der Waals surface area (Å²) in [7, 11) is -3.58. The molecule has 1 aliphatic rings. The Bertz CT molecular complexity index is 643. The van der Waals surface area contributed by atoms with Crippen molar-refractivity contribution in [1.82, 2.24) is 4.72 Å². The second-order valence-electron chi connectivity index (χ2n) is 5.32. The van der Waals surface area contributed by atoms with Crippen LogP contribution >= 0.6 is 0 Å². The Morgan fingerprint density at radius 3 is 2.81 bits per heavy atom. The molecule has 1 aliphatic heterocycles. The van der Waals surface area contributed by atoms with E-state index in [1.54, 1.807) is 24.0 Å². The van der Waals surface area contributed by atoms with Gasteiger partial charge in [0.05, 0.1) is 4.90 Å². The molecule has 1 amide bonds. The number of aryl methyl sites for hydroxylation is 1. The number of sulfonamides is 1. The summed E-state index contributed by atoms with van der Waals surface area (Å²) in [6.07, 6.45) is 1.61. The number of anilines is 1. The normalized spacial score (nSPS) is 16.4. The molecular formula is C14H21N3O3S. The van der Waals surface area contributed by atoms with Gasteiger partial charge in [0.15, 0.2) is 0 Å². The lowest BCUT2D eigenvalue weighted by molar-refractivity contribution is -0.116. The molecule has 2 rings (SSSR count). The predicted octanol–water partition coefficient (Wildman–Crippen LogP) is 0.611. The van der Waals surface area contributed by atoms with Crippen molar-refractivity contribution in [2.75, 3.05) is 18.0 Å². The molecule has 1 atom stereocenters. The molecule has 0 fully saturated rings. The molecule has 1 unspecified atom stereocenters. The molecule has 0 saturated carbocycles. The first kappa shape index (κ1) is 15.9. The average molecular weight is 311 g/mol. The highest BCUT2D eigenvalue weighted by Crippen LogP contribution is 2.29. The Morgan fingerprint density at radius 2 is 2.19 bits per heavy atom. The van der Waals surface area contributed by atoms with E-state index >= 15 is 0 Å². The topological polar surface area (TPSA) is 92.5 Å². The standard InChI is InChI=1S/C14H21N3O3S/c1-10(9-15)16-21(19,20)13-5-6-14-12(8-13)4-3-7-17(14)11(2)18/h5-6,8,10,16H,3-4,7,9,15H2,1-2H3. The molecule has 6 nitrogen and oxygen atoms in total. The first-order valence-corrected chi connectivity index (χ1v) is 8.47. The van der Waals surface area contributed by atoms with Gasteiger partial charge in [-0.2, -0.15) is 0 Å². The van der Waals surface area contributed by atoms with E-state index in [4.69, 9.17) is 5.73 Å². The fourth-order valence-corrected chi connectivity index (χ4v) is 3.76. The maximum atomic E-state index is 12.3. The summed E-state index contributed by atoms with van der Waals surface area (Å²) < 4.78 is 27.0. The van der Waals surface area contributed by atoms with Crippen molar-refractivity contribution in [2.45, 2.75) is 37.6 Å². The molecular weight excluding hydrogens is 290 g/mol. The zero-order valence-corrected chi connectivity index (χ0v) is 13.1. The van der Waals surface area contributed by atoms with Crippen molar-refractivity contribution in [3.05, 3.63) is 23.8 Å². The number of nitrogens with two attached hydrogens (primary N) is 1. The number of carbonyl (C=O) groups excluding carboxylic acids is 1.